The summed E-state index contributed by atoms with van der Waals surface area (Å²) in [6.45, 7) is 7.07. The van der Waals surface area contributed by atoms with Crippen molar-refractivity contribution in [1.82, 2.24) is 21.3 Å². The second-order valence-corrected chi connectivity index (χ2v) is 10.8. The van der Waals surface area contributed by atoms with Gasteiger partial charge in [-0.1, -0.05) is 57.0 Å². The Bertz CT molecular complexity index is 1050. The standard InChI is InChI=1S/C30H44N4O6/c1-4-39-26(35)14-13-23-27(36)32-17-9-11-22-10-5-6-12-25(22)40-19-18-31-24(20-21(2)3)28(37)34-30(29(38)33-23)15-7-8-16-30/h5-6,9-12,21,23-24,31H,4,7-8,13-20H2,1-3H3,(H,32,36)(H,33,38)(H,34,37)/b11-9-/t23-,24-/m0/s1. The van der Waals surface area contributed by atoms with E-state index in [1.807, 2.05) is 50.3 Å². The molecule has 1 aromatic rings. The Balaban J connectivity index is 1.88. The minimum Gasteiger partial charge on any atom is -0.492 e. The fraction of sp³-hybridized carbons (Fsp3) is 0.600. The fourth-order valence-electron chi connectivity index (χ4n) is 5.14. The number of carbonyl (C=O) groups excluding carboxylic acids is 4. The fourth-order valence-corrected chi connectivity index (χ4v) is 5.14. The lowest BCUT2D eigenvalue weighted by molar-refractivity contribution is -0.143. The van der Waals surface area contributed by atoms with E-state index in [9.17, 15) is 19.2 Å². The summed E-state index contributed by atoms with van der Waals surface area (Å²) in [7, 11) is 0. The highest BCUT2D eigenvalue weighted by Crippen LogP contribution is 2.30. The molecule has 0 bridgehead atoms. The number of hydrogen-bond donors (Lipinski definition) is 4. The van der Waals surface area contributed by atoms with Crippen LogP contribution in [0.5, 0.6) is 5.75 Å². The Labute approximate surface area is 237 Å². The molecule has 1 aromatic carbocycles. The number of esters is 1. The molecule has 0 unspecified atom stereocenters. The van der Waals surface area contributed by atoms with Crippen molar-refractivity contribution in [3.05, 3.63) is 35.9 Å². The molecule has 1 heterocycles. The third-order valence-corrected chi connectivity index (χ3v) is 7.20. The van der Waals surface area contributed by atoms with Gasteiger partial charge >= 0.3 is 5.97 Å². The third-order valence-electron chi connectivity index (χ3n) is 7.20. The van der Waals surface area contributed by atoms with Crippen LogP contribution >= 0.6 is 0 Å². The smallest absolute Gasteiger partial charge is 0.305 e. The van der Waals surface area contributed by atoms with Crippen molar-refractivity contribution in [2.75, 3.05) is 26.3 Å². The number of fused-ring (bicyclic) bond motifs is 1. The highest BCUT2D eigenvalue weighted by Gasteiger charge is 2.44. The molecule has 220 valence electrons. The topological polar surface area (TPSA) is 135 Å². The van der Waals surface area contributed by atoms with E-state index >= 15 is 0 Å². The van der Waals surface area contributed by atoms with Crippen LogP contribution in [-0.4, -0.2) is 67.6 Å². The lowest BCUT2D eigenvalue weighted by atomic mass is 9.93. The number of amides is 3. The van der Waals surface area contributed by atoms with Crippen molar-refractivity contribution < 1.29 is 28.7 Å². The van der Waals surface area contributed by atoms with Gasteiger partial charge in [-0.2, -0.15) is 0 Å². The number of nitrogens with one attached hydrogen (secondary N) is 4. The van der Waals surface area contributed by atoms with Gasteiger partial charge in [0.15, 0.2) is 0 Å². The summed E-state index contributed by atoms with van der Waals surface area (Å²) < 4.78 is 11.0. The molecule has 0 radical (unpaired) electrons. The first kappa shape index (κ1) is 31.1. The van der Waals surface area contributed by atoms with Crippen molar-refractivity contribution in [2.45, 2.75) is 83.3 Å². The van der Waals surface area contributed by atoms with Crippen molar-refractivity contribution in [3.63, 3.8) is 0 Å². The molecule has 0 aromatic heterocycles. The molecule has 4 N–H and O–H groups in total. The molecular weight excluding hydrogens is 512 g/mol. The first-order valence-corrected chi connectivity index (χ1v) is 14.4. The predicted molar refractivity (Wildman–Crippen MR) is 152 cm³/mol. The van der Waals surface area contributed by atoms with Gasteiger partial charge in [-0.25, -0.2) is 0 Å². The van der Waals surface area contributed by atoms with Gasteiger partial charge in [-0.05, 0) is 44.6 Å². The molecule has 1 aliphatic carbocycles. The molecule has 0 saturated heterocycles. The summed E-state index contributed by atoms with van der Waals surface area (Å²) in [5.41, 5.74) is -0.262. The van der Waals surface area contributed by atoms with Crippen molar-refractivity contribution in [3.8, 4) is 5.75 Å². The van der Waals surface area contributed by atoms with E-state index in [4.69, 9.17) is 9.47 Å². The molecule has 1 aliphatic heterocycles. The molecule has 1 spiro atoms. The van der Waals surface area contributed by atoms with Crippen LogP contribution in [0.2, 0.25) is 0 Å². The highest BCUT2D eigenvalue weighted by atomic mass is 16.5. The van der Waals surface area contributed by atoms with E-state index in [-0.39, 0.29) is 37.8 Å². The predicted octanol–water partition coefficient (Wildman–Crippen LogP) is 2.47. The van der Waals surface area contributed by atoms with Gasteiger partial charge in [0.25, 0.3) is 0 Å². The van der Waals surface area contributed by atoms with Crippen LogP contribution in [0.15, 0.2) is 30.3 Å². The molecule has 1 fully saturated rings. The first-order chi connectivity index (χ1) is 19.2. The molecule has 40 heavy (non-hydrogen) atoms. The largest absolute Gasteiger partial charge is 0.492 e. The lowest BCUT2D eigenvalue weighted by Gasteiger charge is -2.33. The third kappa shape index (κ3) is 9.08. The van der Waals surface area contributed by atoms with E-state index in [1.165, 1.54) is 0 Å². The summed E-state index contributed by atoms with van der Waals surface area (Å²) in [4.78, 5) is 52.5. The minimum atomic E-state index is -1.11. The zero-order valence-corrected chi connectivity index (χ0v) is 23.9. The highest BCUT2D eigenvalue weighted by molar-refractivity contribution is 5.96. The van der Waals surface area contributed by atoms with Crippen LogP contribution in [0.3, 0.4) is 0 Å². The average Bonchev–Trinajstić information content (AvgIpc) is 3.40. The second-order valence-electron chi connectivity index (χ2n) is 10.8. The quantitative estimate of drug-likeness (QED) is 0.396. The van der Waals surface area contributed by atoms with Gasteiger partial charge in [0.05, 0.1) is 12.6 Å². The minimum absolute atomic E-state index is 0.0213. The van der Waals surface area contributed by atoms with Crippen molar-refractivity contribution in [2.24, 2.45) is 5.92 Å². The van der Waals surface area contributed by atoms with E-state index in [2.05, 4.69) is 21.3 Å². The van der Waals surface area contributed by atoms with E-state index in [0.29, 0.717) is 38.2 Å². The SMILES string of the molecule is CCOC(=O)CC[C@@H]1NC(=O)C2(CCCC2)NC(=O)[C@H](CC(C)C)NCCOc2ccccc2/C=C\CNC1=O. The average molecular weight is 557 g/mol. The molecule has 10 heteroatoms. The maximum absolute atomic E-state index is 13.7. The molecule has 1 saturated carbocycles. The van der Waals surface area contributed by atoms with Crippen LogP contribution in [-0.2, 0) is 23.9 Å². The molecule has 3 amide bonds. The zero-order chi connectivity index (χ0) is 29.0. The van der Waals surface area contributed by atoms with E-state index in [0.717, 1.165) is 18.4 Å². The Morgan fingerprint density at radius 2 is 1.85 bits per heavy atom. The monoisotopic (exact) mass is 556 g/mol. The van der Waals surface area contributed by atoms with Crippen LogP contribution in [0.4, 0.5) is 0 Å². The van der Waals surface area contributed by atoms with Crippen molar-refractivity contribution in [1.29, 1.82) is 0 Å². The molecule has 2 aliphatic rings. The summed E-state index contributed by atoms with van der Waals surface area (Å²) in [6, 6.07) is 6.11. The number of benzene rings is 1. The van der Waals surface area contributed by atoms with Gasteiger partial charge in [0.1, 0.15) is 23.9 Å². The van der Waals surface area contributed by atoms with Gasteiger partial charge in [0.2, 0.25) is 17.7 Å². The van der Waals surface area contributed by atoms with E-state index in [1.54, 1.807) is 6.92 Å². The summed E-state index contributed by atoms with van der Waals surface area (Å²) in [6.07, 6.45) is 6.85. The van der Waals surface area contributed by atoms with Gasteiger partial charge < -0.3 is 30.7 Å². The Morgan fingerprint density at radius 3 is 2.58 bits per heavy atom. The van der Waals surface area contributed by atoms with Gasteiger partial charge in [-0.15, -0.1) is 0 Å². The summed E-state index contributed by atoms with van der Waals surface area (Å²) >= 11 is 0. The van der Waals surface area contributed by atoms with Gasteiger partial charge in [-0.3, -0.25) is 19.2 Å². The maximum atomic E-state index is 13.7. The molecule has 3 rings (SSSR count). The lowest BCUT2D eigenvalue weighted by Crippen LogP contribution is -2.63. The number of carbonyl (C=O) groups is 4. The van der Waals surface area contributed by atoms with Gasteiger partial charge in [0, 0.05) is 25.1 Å². The molecule has 10 nitrogen and oxygen atoms in total. The second kappa shape index (κ2) is 15.4. The number of rotatable bonds is 6. The summed E-state index contributed by atoms with van der Waals surface area (Å²) in [5.74, 6) is -0.555. The van der Waals surface area contributed by atoms with Crippen LogP contribution < -0.4 is 26.0 Å². The molecule has 2 atom stereocenters. The van der Waals surface area contributed by atoms with Crippen LogP contribution in [0.25, 0.3) is 6.08 Å². The van der Waals surface area contributed by atoms with Crippen LogP contribution in [0, 0.1) is 5.92 Å². The Hall–Kier alpha value is -3.40. The number of hydrogen-bond acceptors (Lipinski definition) is 7. The summed E-state index contributed by atoms with van der Waals surface area (Å²) in [5, 5.41) is 12.0. The molecular formula is C30H44N4O6. The normalized spacial score (nSPS) is 23.1. The maximum Gasteiger partial charge on any atom is 0.305 e. The zero-order valence-electron chi connectivity index (χ0n) is 23.9. The van der Waals surface area contributed by atoms with E-state index < -0.39 is 35.4 Å². The van der Waals surface area contributed by atoms with Crippen molar-refractivity contribution >= 4 is 29.8 Å². The Kier molecular flexibility index (Phi) is 12.0. The number of para-hydroxylation sites is 1. The number of ether oxygens (including phenoxy) is 2. The Morgan fingerprint density at radius 1 is 1.10 bits per heavy atom. The first-order valence-electron chi connectivity index (χ1n) is 14.4. The van der Waals surface area contributed by atoms with Crippen LogP contribution in [0.1, 0.15) is 71.3 Å².